The number of nitrogens with zero attached hydrogens (tertiary/aromatic N) is 2. The molecule has 1 saturated heterocycles. The zero-order chi connectivity index (χ0) is 15.9. The molecule has 0 radical (unpaired) electrons. The Labute approximate surface area is 131 Å². The van der Waals surface area contributed by atoms with Crippen LogP contribution in [0, 0.1) is 11.8 Å². The van der Waals surface area contributed by atoms with E-state index < -0.39 is 6.04 Å². The van der Waals surface area contributed by atoms with Crippen LogP contribution in [0.2, 0.25) is 0 Å². The molecule has 1 fully saturated rings. The minimum atomic E-state index is -0.415. The highest BCUT2D eigenvalue weighted by atomic mass is 16.2. The van der Waals surface area contributed by atoms with Crippen molar-refractivity contribution in [2.75, 3.05) is 13.1 Å². The van der Waals surface area contributed by atoms with Crippen molar-refractivity contribution in [3.63, 3.8) is 0 Å². The second-order valence-electron chi connectivity index (χ2n) is 6.85. The van der Waals surface area contributed by atoms with Crippen molar-refractivity contribution in [3.8, 4) is 0 Å². The first-order valence-electron chi connectivity index (χ1n) is 8.25. The van der Waals surface area contributed by atoms with Gasteiger partial charge < -0.3 is 15.2 Å². The second kappa shape index (κ2) is 5.88. The van der Waals surface area contributed by atoms with E-state index in [0.29, 0.717) is 19.0 Å². The molecule has 1 aromatic heterocycles. The minimum absolute atomic E-state index is 0.0655. The Kier molecular flexibility index (Phi) is 4.08. The molecule has 3 heterocycles. The van der Waals surface area contributed by atoms with E-state index in [1.54, 1.807) is 6.07 Å². The zero-order valence-electron chi connectivity index (χ0n) is 13.4. The SMILES string of the molecule is CC[C@H](C)[C@H](N)C(=O)N1C[C@H]2C[C@H](C1)c1cccc(=O)n1C2. The number of nitrogens with two attached hydrogens (primary N) is 1. The third kappa shape index (κ3) is 2.58. The molecule has 2 N–H and O–H groups in total. The van der Waals surface area contributed by atoms with Gasteiger partial charge in [0.1, 0.15) is 0 Å². The average Bonchev–Trinajstić information content (AvgIpc) is 2.53. The van der Waals surface area contributed by atoms with E-state index in [-0.39, 0.29) is 23.3 Å². The third-order valence-corrected chi connectivity index (χ3v) is 5.33. The first-order chi connectivity index (χ1) is 10.5. The summed E-state index contributed by atoms with van der Waals surface area (Å²) in [5.74, 6) is 0.883. The molecule has 5 nitrogen and oxygen atoms in total. The fourth-order valence-corrected chi connectivity index (χ4v) is 3.78. The number of carbonyl (C=O) groups is 1. The third-order valence-electron chi connectivity index (χ3n) is 5.33. The molecule has 2 aliphatic rings. The average molecular weight is 303 g/mol. The number of carbonyl (C=O) groups excluding carboxylic acids is 1. The van der Waals surface area contributed by atoms with E-state index in [1.165, 1.54) is 0 Å². The Hall–Kier alpha value is -1.62. The molecule has 2 bridgehead atoms. The number of hydrogen-bond acceptors (Lipinski definition) is 3. The van der Waals surface area contributed by atoms with E-state index >= 15 is 0 Å². The fraction of sp³-hybridized carbons (Fsp3) is 0.647. The van der Waals surface area contributed by atoms with Gasteiger partial charge in [-0.1, -0.05) is 26.3 Å². The van der Waals surface area contributed by atoms with Crippen LogP contribution in [0.4, 0.5) is 0 Å². The summed E-state index contributed by atoms with van der Waals surface area (Å²) in [6, 6.07) is 5.04. The van der Waals surface area contributed by atoms with Gasteiger partial charge in [-0.25, -0.2) is 0 Å². The topological polar surface area (TPSA) is 68.3 Å². The molecule has 22 heavy (non-hydrogen) atoms. The van der Waals surface area contributed by atoms with Gasteiger partial charge in [-0.2, -0.15) is 0 Å². The monoisotopic (exact) mass is 303 g/mol. The first-order valence-corrected chi connectivity index (χ1v) is 8.25. The largest absolute Gasteiger partial charge is 0.340 e. The molecule has 0 unspecified atom stereocenters. The van der Waals surface area contributed by atoms with Crippen molar-refractivity contribution >= 4 is 5.91 Å². The number of fused-ring (bicyclic) bond motifs is 4. The lowest BCUT2D eigenvalue weighted by Gasteiger charge is -2.43. The van der Waals surface area contributed by atoms with Crippen molar-refractivity contribution < 1.29 is 4.79 Å². The Morgan fingerprint density at radius 3 is 2.86 bits per heavy atom. The molecule has 0 aliphatic carbocycles. The Bertz CT molecular complexity index is 625. The normalized spacial score (nSPS) is 26.2. The van der Waals surface area contributed by atoms with Crippen LogP contribution in [0.25, 0.3) is 0 Å². The summed E-state index contributed by atoms with van der Waals surface area (Å²) in [4.78, 5) is 26.6. The van der Waals surface area contributed by atoms with E-state index in [4.69, 9.17) is 5.73 Å². The van der Waals surface area contributed by atoms with E-state index in [9.17, 15) is 9.59 Å². The van der Waals surface area contributed by atoms with Crippen LogP contribution in [0.15, 0.2) is 23.0 Å². The molecule has 0 spiro atoms. The predicted octanol–water partition coefficient (Wildman–Crippen LogP) is 1.17. The maximum Gasteiger partial charge on any atom is 0.250 e. The first kappa shape index (κ1) is 15.3. The van der Waals surface area contributed by atoms with Crippen LogP contribution < -0.4 is 11.3 Å². The Morgan fingerprint density at radius 1 is 1.36 bits per heavy atom. The van der Waals surface area contributed by atoms with Gasteiger partial charge in [0.05, 0.1) is 6.04 Å². The summed E-state index contributed by atoms with van der Waals surface area (Å²) in [7, 11) is 0. The van der Waals surface area contributed by atoms with Crippen molar-refractivity contribution in [1.82, 2.24) is 9.47 Å². The molecule has 1 amide bonds. The minimum Gasteiger partial charge on any atom is -0.340 e. The molecule has 2 aliphatic heterocycles. The number of rotatable bonds is 3. The van der Waals surface area contributed by atoms with Gasteiger partial charge in [-0.15, -0.1) is 0 Å². The van der Waals surface area contributed by atoms with Gasteiger partial charge in [0.15, 0.2) is 0 Å². The molecular weight excluding hydrogens is 278 g/mol. The second-order valence-corrected chi connectivity index (χ2v) is 6.85. The molecule has 3 rings (SSSR count). The maximum atomic E-state index is 12.6. The molecule has 5 heteroatoms. The molecule has 4 atom stereocenters. The smallest absolute Gasteiger partial charge is 0.250 e. The van der Waals surface area contributed by atoms with Crippen molar-refractivity contribution in [2.45, 2.75) is 45.2 Å². The number of amides is 1. The summed E-state index contributed by atoms with van der Waals surface area (Å²) in [6.45, 7) is 6.21. The zero-order valence-corrected chi connectivity index (χ0v) is 13.4. The lowest BCUT2D eigenvalue weighted by Crippen LogP contribution is -2.54. The summed E-state index contributed by atoms with van der Waals surface area (Å²) < 4.78 is 1.88. The van der Waals surface area contributed by atoms with Crippen molar-refractivity contribution in [2.24, 2.45) is 17.6 Å². The standard InChI is InChI=1S/C17H25N3O2/c1-3-11(2)16(18)17(22)19-8-12-7-13(10-19)14-5-4-6-15(21)20(14)9-12/h4-6,11-13,16H,3,7-10,18H2,1-2H3/t11-,12+,13+,16-/m0/s1. The quantitative estimate of drug-likeness (QED) is 0.911. The van der Waals surface area contributed by atoms with Gasteiger partial charge in [-0.05, 0) is 24.3 Å². The fourth-order valence-electron chi connectivity index (χ4n) is 3.78. The number of likely N-dealkylation sites (tertiary alicyclic amines) is 1. The van der Waals surface area contributed by atoms with E-state index in [0.717, 1.165) is 25.1 Å². The van der Waals surface area contributed by atoms with Crippen LogP contribution >= 0.6 is 0 Å². The van der Waals surface area contributed by atoms with Gasteiger partial charge in [0, 0.05) is 37.3 Å². The highest BCUT2D eigenvalue weighted by molar-refractivity contribution is 5.82. The van der Waals surface area contributed by atoms with Crippen LogP contribution in [0.5, 0.6) is 0 Å². The lowest BCUT2D eigenvalue weighted by atomic mass is 9.82. The number of aromatic nitrogens is 1. The molecule has 0 aromatic carbocycles. The van der Waals surface area contributed by atoms with Crippen molar-refractivity contribution in [1.29, 1.82) is 0 Å². The van der Waals surface area contributed by atoms with E-state index in [1.807, 2.05) is 28.5 Å². The Balaban J connectivity index is 1.82. The molecule has 1 aromatic rings. The summed E-state index contributed by atoms with van der Waals surface area (Å²) in [5, 5.41) is 0. The Morgan fingerprint density at radius 2 is 2.14 bits per heavy atom. The highest BCUT2D eigenvalue weighted by Crippen LogP contribution is 2.35. The summed E-state index contributed by atoms with van der Waals surface area (Å²) >= 11 is 0. The molecule has 120 valence electrons. The van der Waals surface area contributed by atoms with Gasteiger partial charge >= 0.3 is 0 Å². The molecule has 0 saturated carbocycles. The number of hydrogen-bond donors (Lipinski definition) is 1. The highest BCUT2D eigenvalue weighted by Gasteiger charge is 2.37. The lowest BCUT2D eigenvalue weighted by molar-refractivity contribution is -0.136. The van der Waals surface area contributed by atoms with Crippen molar-refractivity contribution in [3.05, 3.63) is 34.2 Å². The van der Waals surface area contributed by atoms with Crippen LogP contribution in [-0.2, 0) is 11.3 Å². The van der Waals surface area contributed by atoms with Gasteiger partial charge in [0.25, 0.3) is 5.56 Å². The number of piperidine rings is 1. The van der Waals surface area contributed by atoms with Crippen LogP contribution in [0.3, 0.4) is 0 Å². The molecular formula is C17H25N3O2. The van der Waals surface area contributed by atoms with Crippen LogP contribution in [0.1, 0.15) is 38.3 Å². The van der Waals surface area contributed by atoms with Gasteiger partial charge in [-0.3, -0.25) is 9.59 Å². The van der Waals surface area contributed by atoms with Crippen LogP contribution in [-0.4, -0.2) is 34.5 Å². The van der Waals surface area contributed by atoms with Gasteiger partial charge in [0.2, 0.25) is 5.91 Å². The summed E-state index contributed by atoms with van der Waals surface area (Å²) in [5.41, 5.74) is 7.27. The predicted molar refractivity (Wildman–Crippen MR) is 85.6 cm³/mol. The summed E-state index contributed by atoms with van der Waals surface area (Å²) in [6.07, 6.45) is 1.97. The maximum absolute atomic E-state index is 12.6. The number of pyridine rings is 1. The van der Waals surface area contributed by atoms with E-state index in [2.05, 4.69) is 6.92 Å².